The Morgan fingerprint density at radius 3 is 0.806 bits per heavy atom. The van der Waals surface area contributed by atoms with Crippen LogP contribution in [0.2, 0.25) is 0 Å². The Labute approximate surface area is 197 Å². The minimum atomic E-state index is 0.501. The van der Waals surface area contributed by atoms with Gasteiger partial charge in [-0.2, -0.15) is 0 Å². The summed E-state index contributed by atoms with van der Waals surface area (Å²) in [5.74, 6) is 0.501. The summed E-state index contributed by atoms with van der Waals surface area (Å²) in [4.78, 5) is 11.7. The minimum absolute atomic E-state index is 0.501. The molecule has 0 saturated heterocycles. The molecule has 0 bridgehead atoms. The maximum Gasteiger partial charge on any atom is 0.132 e. The zero-order chi connectivity index (χ0) is 22.7. The number of unbranched alkanes of at least 4 members (excludes halogenated alkanes) is 23. The Balaban J connectivity index is 3.06. The Kier molecular flexibility index (Phi) is 27.4. The molecule has 0 atom stereocenters. The van der Waals surface area contributed by atoms with Gasteiger partial charge in [0.15, 0.2) is 0 Å². The first kappa shape index (κ1) is 30.7. The summed E-state index contributed by atoms with van der Waals surface area (Å²) in [5, 5.41) is 0. The van der Waals surface area contributed by atoms with Crippen molar-refractivity contribution in [2.75, 3.05) is 0 Å². The zero-order valence-corrected chi connectivity index (χ0v) is 22.0. The van der Waals surface area contributed by atoms with Crippen molar-refractivity contribution in [3.8, 4) is 0 Å². The van der Waals surface area contributed by atoms with Gasteiger partial charge in [0.2, 0.25) is 0 Å². The standard InChI is InChI=1S/C30H60O/c1-3-5-7-8-9-10-11-12-13-14-15-16-17-18-19-20-21-22-23-24-25-27-29-30(31)28-26-6-4-2/h3-29H2,1-2H3. The second-order valence-electron chi connectivity index (χ2n) is 10.2. The van der Waals surface area contributed by atoms with Gasteiger partial charge >= 0.3 is 0 Å². The van der Waals surface area contributed by atoms with Crippen molar-refractivity contribution in [1.82, 2.24) is 0 Å². The topological polar surface area (TPSA) is 17.1 Å². The van der Waals surface area contributed by atoms with E-state index in [4.69, 9.17) is 0 Å². The Morgan fingerprint density at radius 2 is 0.516 bits per heavy atom. The summed E-state index contributed by atoms with van der Waals surface area (Å²) >= 11 is 0. The molecule has 31 heavy (non-hydrogen) atoms. The number of rotatable bonds is 27. The maximum absolute atomic E-state index is 11.7. The molecule has 0 rings (SSSR count). The van der Waals surface area contributed by atoms with Crippen molar-refractivity contribution >= 4 is 5.78 Å². The predicted molar refractivity (Wildman–Crippen MR) is 141 cm³/mol. The van der Waals surface area contributed by atoms with Gasteiger partial charge in [0.25, 0.3) is 0 Å². The van der Waals surface area contributed by atoms with E-state index in [1.807, 2.05) is 0 Å². The van der Waals surface area contributed by atoms with E-state index in [1.165, 1.54) is 148 Å². The number of carbonyl (C=O) groups excluding carboxylic acids is 1. The largest absolute Gasteiger partial charge is 0.300 e. The summed E-state index contributed by atoms with van der Waals surface area (Å²) in [6, 6.07) is 0. The normalized spacial score (nSPS) is 11.3. The Morgan fingerprint density at radius 1 is 0.323 bits per heavy atom. The molecule has 0 aromatic carbocycles. The summed E-state index contributed by atoms with van der Waals surface area (Å²) in [6.07, 6.45) is 36.4. The summed E-state index contributed by atoms with van der Waals surface area (Å²) in [7, 11) is 0. The third-order valence-corrected chi connectivity index (χ3v) is 6.87. The van der Waals surface area contributed by atoms with Crippen molar-refractivity contribution in [3.05, 3.63) is 0 Å². The van der Waals surface area contributed by atoms with Crippen molar-refractivity contribution in [2.24, 2.45) is 0 Å². The van der Waals surface area contributed by atoms with Crippen LogP contribution < -0.4 is 0 Å². The van der Waals surface area contributed by atoms with Gasteiger partial charge in [-0.15, -0.1) is 0 Å². The lowest BCUT2D eigenvalue weighted by atomic mass is 10.0. The van der Waals surface area contributed by atoms with Gasteiger partial charge in [0.05, 0.1) is 0 Å². The van der Waals surface area contributed by atoms with Gasteiger partial charge < -0.3 is 0 Å². The molecule has 0 aliphatic heterocycles. The molecule has 0 aromatic heterocycles. The van der Waals surface area contributed by atoms with Crippen molar-refractivity contribution in [2.45, 2.75) is 187 Å². The summed E-state index contributed by atoms with van der Waals surface area (Å²) in [6.45, 7) is 4.50. The molecule has 1 nitrogen and oxygen atoms in total. The molecule has 186 valence electrons. The van der Waals surface area contributed by atoms with Gasteiger partial charge in [-0.1, -0.05) is 162 Å². The molecule has 0 unspecified atom stereocenters. The first-order valence-corrected chi connectivity index (χ1v) is 14.8. The number of Topliss-reactive ketones (excluding diaryl/α,β-unsaturated/α-hetero) is 1. The van der Waals surface area contributed by atoms with Crippen LogP contribution >= 0.6 is 0 Å². The van der Waals surface area contributed by atoms with E-state index >= 15 is 0 Å². The average molecular weight is 437 g/mol. The van der Waals surface area contributed by atoms with E-state index in [9.17, 15) is 4.79 Å². The second-order valence-corrected chi connectivity index (χ2v) is 10.2. The first-order valence-electron chi connectivity index (χ1n) is 14.8. The Bertz CT molecular complexity index is 335. The smallest absolute Gasteiger partial charge is 0.132 e. The average Bonchev–Trinajstić information content (AvgIpc) is 2.77. The van der Waals surface area contributed by atoms with Crippen LogP contribution in [0.4, 0.5) is 0 Å². The molecular formula is C30H60O. The maximum atomic E-state index is 11.7. The zero-order valence-electron chi connectivity index (χ0n) is 22.0. The van der Waals surface area contributed by atoms with Crippen molar-refractivity contribution < 1.29 is 4.79 Å². The van der Waals surface area contributed by atoms with E-state index < -0.39 is 0 Å². The second kappa shape index (κ2) is 27.7. The van der Waals surface area contributed by atoms with Gasteiger partial charge in [0.1, 0.15) is 5.78 Å². The molecule has 0 radical (unpaired) electrons. The lowest BCUT2D eigenvalue weighted by Crippen LogP contribution is -1.97. The molecular weight excluding hydrogens is 376 g/mol. The predicted octanol–water partition coefficient (Wildman–Crippen LogP) is 11.1. The van der Waals surface area contributed by atoms with Gasteiger partial charge in [-0.25, -0.2) is 0 Å². The highest BCUT2D eigenvalue weighted by Gasteiger charge is 2.01. The third kappa shape index (κ3) is 27.6. The lowest BCUT2D eigenvalue weighted by Gasteiger charge is -2.04. The number of hydrogen-bond donors (Lipinski definition) is 0. The van der Waals surface area contributed by atoms with E-state index in [1.54, 1.807) is 0 Å². The van der Waals surface area contributed by atoms with Crippen LogP contribution in [0.15, 0.2) is 0 Å². The van der Waals surface area contributed by atoms with E-state index in [0.717, 1.165) is 25.7 Å². The van der Waals surface area contributed by atoms with Crippen LogP contribution in [0.3, 0.4) is 0 Å². The number of ketones is 1. The highest BCUT2D eigenvalue weighted by atomic mass is 16.1. The van der Waals surface area contributed by atoms with Crippen molar-refractivity contribution in [1.29, 1.82) is 0 Å². The minimum Gasteiger partial charge on any atom is -0.300 e. The molecule has 0 aromatic rings. The third-order valence-electron chi connectivity index (χ3n) is 6.87. The van der Waals surface area contributed by atoms with Crippen LogP contribution in [0.5, 0.6) is 0 Å². The molecule has 0 spiro atoms. The van der Waals surface area contributed by atoms with Crippen LogP contribution in [0, 0.1) is 0 Å². The molecule has 0 saturated carbocycles. The monoisotopic (exact) mass is 436 g/mol. The van der Waals surface area contributed by atoms with E-state index in [2.05, 4.69) is 13.8 Å². The van der Waals surface area contributed by atoms with Crippen LogP contribution in [-0.4, -0.2) is 5.78 Å². The fourth-order valence-electron chi connectivity index (χ4n) is 4.63. The molecule has 1 heteroatoms. The quantitative estimate of drug-likeness (QED) is 0.117. The highest BCUT2D eigenvalue weighted by molar-refractivity contribution is 5.78. The number of carbonyl (C=O) groups is 1. The number of hydrogen-bond acceptors (Lipinski definition) is 1. The van der Waals surface area contributed by atoms with Crippen LogP contribution in [0.1, 0.15) is 187 Å². The Hall–Kier alpha value is -0.330. The van der Waals surface area contributed by atoms with Crippen molar-refractivity contribution in [3.63, 3.8) is 0 Å². The fourth-order valence-corrected chi connectivity index (χ4v) is 4.63. The molecule has 0 aliphatic rings. The molecule has 0 heterocycles. The highest BCUT2D eigenvalue weighted by Crippen LogP contribution is 2.15. The molecule has 0 N–H and O–H groups in total. The van der Waals surface area contributed by atoms with Gasteiger partial charge in [-0.3, -0.25) is 4.79 Å². The summed E-state index contributed by atoms with van der Waals surface area (Å²) < 4.78 is 0. The molecule has 0 fully saturated rings. The van der Waals surface area contributed by atoms with Gasteiger partial charge in [-0.05, 0) is 12.8 Å². The van der Waals surface area contributed by atoms with Crippen LogP contribution in [-0.2, 0) is 4.79 Å². The molecule has 0 aliphatic carbocycles. The van der Waals surface area contributed by atoms with E-state index in [-0.39, 0.29) is 0 Å². The fraction of sp³-hybridized carbons (Fsp3) is 0.967. The van der Waals surface area contributed by atoms with Crippen LogP contribution in [0.25, 0.3) is 0 Å². The molecule has 0 amide bonds. The van der Waals surface area contributed by atoms with E-state index in [0.29, 0.717) is 5.78 Å². The first-order chi connectivity index (χ1) is 15.3. The van der Waals surface area contributed by atoms with Gasteiger partial charge in [0, 0.05) is 12.8 Å². The lowest BCUT2D eigenvalue weighted by molar-refractivity contribution is -0.119. The SMILES string of the molecule is CCCCCCCCCCCCCCCCCCCCCCCCC(=O)CCCCC. The summed E-state index contributed by atoms with van der Waals surface area (Å²) in [5.41, 5.74) is 0.